The normalized spacial score (nSPS) is 10.7. The Morgan fingerprint density at radius 1 is 0.931 bits per heavy atom. The van der Waals surface area contributed by atoms with Gasteiger partial charge in [0.25, 0.3) is 0 Å². The Balaban J connectivity index is 1.64. The molecule has 1 heterocycles. The smallest absolute Gasteiger partial charge is 0.344 e. The average molecular weight is 390 g/mol. The largest absolute Gasteiger partial charge is 0.497 e. The van der Waals surface area contributed by atoms with Crippen LogP contribution in [0.3, 0.4) is 0 Å². The van der Waals surface area contributed by atoms with E-state index in [1.54, 1.807) is 49.6 Å². The van der Waals surface area contributed by atoms with E-state index in [0.29, 0.717) is 22.3 Å². The lowest BCUT2D eigenvalue weighted by molar-refractivity contribution is 0.0734. The van der Waals surface area contributed by atoms with E-state index in [4.69, 9.17) is 13.9 Å². The lowest BCUT2D eigenvalue weighted by Gasteiger charge is -2.07. The van der Waals surface area contributed by atoms with Crippen LogP contribution in [0, 0.1) is 5.82 Å². The molecule has 0 fully saturated rings. The summed E-state index contributed by atoms with van der Waals surface area (Å²) in [5, 5.41) is 0.668. The Bertz CT molecular complexity index is 1260. The second kappa shape index (κ2) is 7.59. The molecule has 3 aromatic carbocycles. The molecular weight excluding hydrogens is 375 g/mol. The van der Waals surface area contributed by atoms with Crippen molar-refractivity contribution in [2.24, 2.45) is 0 Å². The fraction of sp³-hybridized carbons (Fsp3) is 0.0435. The topological polar surface area (TPSA) is 65.7 Å². The van der Waals surface area contributed by atoms with Crippen LogP contribution in [0.2, 0.25) is 0 Å². The molecule has 5 nitrogen and oxygen atoms in total. The summed E-state index contributed by atoms with van der Waals surface area (Å²) in [7, 11) is 1.57. The van der Waals surface area contributed by atoms with E-state index >= 15 is 0 Å². The first kappa shape index (κ1) is 18.4. The minimum atomic E-state index is -0.707. The summed E-state index contributed by atoms with van der Waals surface area (Å²) in [4.78, 5) is 24.6. The summed E-state index contributed by atoms with van der Waals surface area (Å²) >= 11 is 0. The number of hydrogen-bond acceptors (Lipinski definition) is 5. The number of carbonyl (C=O) groups excluding carboxylic acids is 1. The number of methoxy groups -OCH3 is 1. The molecule has 0 unspecified atom stereocenters. The van der Waals surface area contributed by atoms with Crippen molar-refractivity contribution < 1.29 is 23.1 Å². The number of esters is 1. The number of rotatable bonds is 4. The predicted octanol–water partition coefficient (Wildman–Crippen LogP) is 4.83. The number of benzene rings is 3. The van der Waals surface area contributed by atoms with Crippen LogP contribution in [0.4, 0.5) is 4.39 Å². The summed E-state index contributed by atoms with van der Waals surface area (Å²) in [5.41, 5.74) is 0.946. The van der Waals surface area contributed by atoms with Gasteiger partial charge < -0.3 is 13.9 Å². The Kier molecular flexibility index (Phi) is 4.83. The third-order valence-corrected chi connectivity index (χ3v) is 4.38. The van der Waals surface area contributed by atoms with Gasteiger partial charge in [-0.3, -0.25) is 0 Å². The maximum atomic E-state index is 13.3. The zero-order valence-electron chi connectivity index (χ0n) is 15.3. The standard InChI is InChI=1S/C23H15FO5/c1-27-18-8-5-14(6-9-18)20-12-15-7-10-19(13-21(15)29-23(20)26)28-22(25)16-3-2-4-17(24)11-16/h2-13H,1H3. The van der Waals surface area contributed by atoms with Crippen LogP contribution in [0.1, 0.15) is 10.4 Å². The summed E-state index contributed by atoms with van der Waals surface area (Å²) in [5.74, 6) is -0.369. The lowest BCUT2D eigenvalue weighted by Crippen LogP contribution is -2.09. The van der Waals surface area contributed by atoms with Crippen molar-refractivity contribution >= 4 is 16.9 Å². The molecule has 0 amide bonds. The van der Waals surface area contributed by atoms with E-state index in [1.807, 2.05) is 0 Å². The molecule has 4 rings (SSSR count). The molecule has 0 bridgehead atoms. The molecule has 1 aromatic heterocycles. The molecule has 4 aromatic rings. The molecule has 29 heavy (non-hydrogen) atoms. The van der Waals surface area contributed by atoms with Gasteiger partial charge in [-0.2, -0.15) is 0 Å². The lowest BCUT2D eigenvalue weighted by atomic mass is 10.1. The van der Waals surface area contributed by atoms with Crippen LogP contribution in [0.25, 0.3) is 22.1 Å². The highest BCUT2D eigenvalue weighted by atomic mass is 19.1. The number of halogens is 1. The van der Waals surface area contributed by atoms with Gasteiger partial charge in [0.2, 0.25) is 0 Å². The van der Waals surface area contributed by atoms with Gasteiger partial charge in [0.1, 0.15) is 22.9 Å². The quantitative estimate of drug-likeness (QED) is 0.284. The molecule has 0 radical (unpaired) electrons. The molecular formula is C23H15FO5. The van der Waals surface area contributed by atoms with Crippen molar-refractivity contribution in [3.63, 3.8) is 0 Å². The first-order valence-corrected chi connectivity index (χ1v) is 8.73. The Morgan fingerprint density at radius 3 is 2.41 bits per heavy atom. The van der Waals surface area contributed by atoms with Gasteiger partial charge in [-0.15, -0.1) is 0 Å². The summed E-state index contributed by atoms with van der Waals surface area (Å²) in [6.45, 7) is 0. The van der Waals surface area contributed by atoms with Crippen molar-refractivity contribution in [2.45, 2.75) is 0 Å². The van der Waals surface area contributed by atoms with Crippen LogP contribution >= 0.6 is 0 Å². The van der Waals surface area contributed by atoms with Gasteiger partial charge in [-0.05, 0) is 54.1 Å². The molecule has 0 aliphatic carbocycles. The molecule has 0 saturated carbocycles. The molecule has 0 atom stereocenters. The third kappa shape index (κ3) is 3.87. The number of fused-ring (bicyclic) bond motifs is 1. The van der Waals surface area contributed by atoms with Crippen LogP contribution in [0.5, 0.6) is 11.5 Å². The van der Waals surface area contributed by atoms with E-state index in [2.05, 4.69) is 0 Å². The summed E-state index contributed by atoms with van der Waals surface area (Å²) in [6.07, 6.45) is 0. The second-order valence-electron chi connectivity index (χ2n) is 6.28. The highest BCUT2D eigenvalue weighted by Crippen LogP contribution is 2.26. The van der Waals surface area contributed by atoms with Crippen LogP contribution in [-0.4, -0.2) is 13.1 Å². The van der Waals surface area contributed by atoms with Gasteiger partial charge in [0, 0.05) is 11.5 Å². The third-order valence-electron chi connectivity index (χ3n) is 4.38. The van der Waals surface area contributed by atoms with E-state index in [-0.39, 0.29) is 16.9 Å². The molecule has 0 aliphatic rings. The SMILES string of the molecule is COc1ccc(-c2cc3ccc(OC(=O)c4cccc(F)c4)cc3oc2=O)cc1. The van der Waals surface area contributed by atoms with Crippen LogP contribution in [0.15, 0.2) is 82.0 Å². The van der Waals surface area contributed by atoms with E-state index in [9.17, 15) is 14.0 Å². The second-order valence-corrected chi connectivity index (χ2v) is 6.28. The molecule has 144 valence electrons. The van der Waals surface area contributed by atoms with Gasteiger partial charge in [0.05, 0.1) is 18.2 Å². The summed E-state index contributed by atoms with van der Waals surface area (Å²) in [6, 6.07) is 18.7. The van der Waals surface area contributed by atoms with Crippen LogP contribution in [-0.2, 0) is 0 Å². The van der Waals surface area contributed by atoms with Crippen molar-refractivity contribution in [1.82, 2.24) is 0 Å². The van der Waals surface area contributed by atoms with Gasteiger partial charge >= 0.3 is 11.6 Å². The maximum Gasteiger partial charge on any atom is 0.344 e. The highest BCUT2D eigenvalue weighted by Gasteiger charge is 2.12. The van der Waals surface area contributed by atoms with Crippen molar-refractivity contribution in [3.8, 4) is 22.6 Å². The number of carbonyl (C=O) groups is 1. The number of ether oxygens (including phenoxy) is 2. The zero-order valence-corrected chi connectivity index (χ0v) is 15.3. The maximum absolute atomic E-state index is 13.3. The fourth-order valence-corrected chi connectivity index (χ4v) is 2.91. The Labute approximate surface area is 164 Å². The number of hydrogen-bond donors (Lipinski definition) is 0. The average Bonchev–Trinajstić information content (AvgIpc) is 2.73. The molecule has 0 saturated heterocycles. The highest BCUT2D eigenvalue weighted by molar-refractivity contribution is 5.91. The van der Waals surface area contributed by atoms with Crippen molar-refractivity contribution in [2.75, 3.05) is 7.11 Å². The molecule has 6 heteroatoms. The van der Waals surface area contributed by atoms with E-state index in [0.717, 1.165) is 6.07 Å². The Morgan fingerprint density at radius 2 is 1.69 bits per heavy atom. The first-order valence-electron chi connectivity index (χ1n) is 8.73. The first-order chi connectivity index (χ1) is 14.0. The summed E-state index contributed by atoms with van der Waals surface area (Å²) < 4.78 is 29.1. The minimum Gasteiger partial charge on any atom is -0.497 e. The molecule has 0 aliphatic heterocycles. The van der Waals surface area contributed by atoms with Gasteiger partial charge in [-0.25, -0.2) is 14.0 Å². The van der Waals surface area contributed by atoms with Gasteiger partial charge in [0.15, 0.2) is 0 Å². The predicted molar refractivity (Wildman–Crippen MR) is 106 cm³/mol. The molecule has 0 N–H and O–H groups in total. The fourth-order valence-electron chi connectivity index (χ4n) is 2.91. The van der Waals surface area contributed by atoms with Crippen LogP contribution < -0.4 is 15.1 Å². The van der Waals surface area contributed by atoms with E-state index in [1.165, 1.54) is 24.3 Å². The molecule has 0 spiro atoms. The minimum absolute atomic E-state index is 0.0846. The zero-order chi connectivity index (χ0) is 20.4. The van der Waals surface area contributed by atoms with Gasteiger partial charge in [-0.1, -0.05) is 18.2 Å². The van der Waals surface area contributed by atoms with Crippen molar-refractivity contribution in [1.29, 1.82) is 0 Å². The van der Waals surface area contributed by atoms with Crippen molar-refractivity contribution in [3.05, 3.63) is 94.6 Å². The monoisotopic (exact) mass is 390 g/mol. The Hall–Kier alpha value is -3.93. The van der Waals surface area contributed by atoms with E-state index < -0.39 is 17.4 Å².